The summed E-state index contributed by atoms with van der Waals surface area (Å²) >= 11 is 7.49. The van der Waals surface area contributed by atoms with Gasteiger partial charge in [0.05, 0.1) is 0 Å². The molecule has 0 bridgehead atoms. The van der Waals surface area contributed by atoms with Crippen molar-refractivity contribution in [2.75, 3.05) is 6.54 Å². The van der Waals surface area contributed by atoms with E-state index < -0.39 is 10.0 Å². The van der Waals surface area contributed by atoms with Crippen LogP contribution in [0.3, 0.4) is 0 Å². The Morgan fingerprint density at radius 1 is 1.44 bits per heavy atom. The summed E-state index contributed by atoms with van der Waals surface area (Å²) in [4.78, 5) is 1.09. The summed E-state index contributed by atoms with van der Waals surface area (Å²) in [7, 11) is -3.35. The summed E-state index contributed by atoms with van der Waals surface area (Å²) in [6.45, 7) is 2.47. The lowest BCUT2D eigenvalue weighted by Crippen LogP contribution is -2.30. The zero-order valence-corrected chi connectivity index (χ0v) is 12.7. The fourth-order valence-corrected chi connectivity index (χ4v) is 5.01. The van der Waals surface area contributed by atoms with E-state index in [1.165, 1.54) is 11.3 Å². The molecule has 1 fully saturated rings. The Morgan fingerprint density at radius 3 is 2.78 bits per heavy atom. The topological polar surface area (TPSA) is 46.2 Å². The van der Waals surface area contributed by atoms with Gasteiger partial charge in [-0.1, -0.05) is 13.3 Å². The van der Waals surface area contributed by atoms with Gasteiger partial charge in [-0.3, -0.25) is 0 Å². The van der Waals surface area contributed by atoms with Gasteiger partial charge in [0, 0.05) is 16.8 Å². The first kappa shape index (κ1) is 14.3. The molecule has 2 rings (SSSR count). The van der Waals surface area contributed by atoms with Crippen LogP contribution in [0.25, 0.3) is 0 Å². The molecule has 0 amide bonds. The highest BCUT2D eigenvalue weighted by Gasteiger charge is 2.27. The van der Waals surface area contributed by atoms with Crippen LogP contribution in [0.5, 0.6) is 0 Å². The van der Waals surface area contributed by atoms with Crippen LogP contribution in [0.2, 0.25) is 0 Å². The van der Waals surface area contributed by atoms with E-state index in [4.69, 9.17) is 11.6 Å². The quantitative estimate of drug-likeness (QED) is 0.850. The van der Waals surface area contributed by atoms with Crippen molar-refractivity contribution in [1.29, 1.82) is 0 Å². The molecule has 18 heavy (non-hydrogen) atoms. The molecule has 1 aromatic heterocycles. The molecule has 1 N–H and O–H groups in total. The van der Waals surface area contributed by atoms with Crippen LogP contribution in [-0.2, 0) is 16.4 Å². The molecule has 2 atom stereocenters. The number of thiophene rings is 1. The number of rotatable bonds is 5. The minimum Gasteiger partial charge on any atom is -0.210 e. The average Bonchev–Trinajstić information content (AvgIpc) is 2.95. The molecule has 3 nitrogen and oxygen atoms in total. The first-order valence-electron chi connectivity index (χ1n) is 6.25. The molecule has 1 aromatic rings. The molecule has 0 spiro atoms. The molecular formula is C12H18ClNO2S2. The Hall–Kier alpha value is -0.100. The number of alkyl halides is 1. The van der Waals surface area contributed by atoms with Crippen LogP contribution in [0.4, 0.5) is 0 Å². The monoisotopic (exact) mass is 307 g/mol. The summed E-state index contributed by atoms with van der Waals surface area (Å²) in [6.07, 6.45) is 3.97. The van der Waals surface area contributed by atoms with Crippen LogP contribution in [-0.4, -0.2) is 20.3 Å². The van der Waals surface area contributed by atoms with Crippen molar-refractivity contribution in [3.05, 3.63) is 17.0 Å². The van der Waals surface area contributed by atoms with Crippen molar-refractivity contribution in [2.24, 2.45) is 5.92 Å². The van der Waals surface area contributed by atoms with Gasteiger partial charge < -0.3 is 0 Å². The third-order valence-electron chi connectivity index (χ3n) is 3.35. The summed E-state index contributed by atoms with van der Waals surface area (Å²) in [5, 5.41) is 0.113. The molecular weight excluding hydrogens is 290 g/mol. The number of sulfonamides is 1. The van der Waals surface area contributed by atoms with Gasteiger partial charge in [-0.25, -0.2) is 13.1 Å². The minimum absolute atomic E-state index is 0.113. The summed E-state index contributed by atoms with van der Waals surface area (Å²) in [6, 6.07) is 3.55. The Kier molecular flexibility index (Phi) is 4.69. The fraction of sp³-hybridized carbons (Fsp3) is 0.667. The van der Waals surface area contributed by atoms with Crippen molar-refractivity contribution in [3.8, 4) is 0 Å². The molecule has 1 aliphatic rings. The Morgan fingerprint density at radius 2 is 2.22 bits per heavy atom. The van der Waals surface area contributed by atoms with Crippen LogP contribution in [0.1, 0.15) is 31.1 Å². The largest absolute Gasteiger partial charge is 0.250 e. The number of hydrogen-bond donors (Lipinski definition) is 1. The van der Waals surface area contributed by atoms with Crippen molar-refractivity contribution in [3.63, 3.8) is 0 Å². The van der Waals surface area contributed by atoms with Crippen molar-refractivity contribution < 1.29 is 8.42 Å². The first-order valence-corrected chi connectivity index (χ1v) is 8.99. The molecule has 102 valence electrons. The van der Waals surface area contributed by atoms with Crippen molar-refractivity contribution in [2.45, 2.75) is 42.2 Å². The second-order valence-corrected chi connectivity index (χ2v) is 8.36. The van der Waals surface area contributed by atoms with Crippen LogP contribution in [0.15, 0.2) is 16.3 Å². The smallest absolute Gasteiger partial charge is 0.210 e. The molecule has 1 saturated carbocycles. The third kappa shape index (κ3) is 3.26. The molecule has 0 aromatic carbocycles. The predicted octanol–water partition coefficient (Wildman–Crippen LogP) is 3.00. The van der Waals surface area contributed by atoms with E-state index in [2.05, 4.69) is 4.72 Å². The fourth-order valence-electron chi connectivity index (χ4n) is 2.20. The van der Waals surface area contributed by atoms with E-state index in [0.29, 0.717) is 10.8 Å². The zero-order chi connectivity index (χ0) is 13.2. The lowest BCUT2D eigenvalue weighted by Gasteiger charge is -2.13. The minimum atomic E-state index is -3.35. The van der Waals surface area contributed by atoms with E-state index >= 15 is 0 Å². The summed E-state index contributed by atoms with van der Waals surface area (Å²) < 4.78 is 27.3. The molecule has 1 aliphatic carbocycles. The maximum atomic E-state index is 12.1. The highest BCUT2D eigenvalue weighted by atomic mass is 35.5. The number of aryl methyl sites for hydroxylation is 1. The zero-order valence-electron chi connectivity index (χ0n) is 10.4. The van der Waals surface area contributed by atoms with E-state index in [0.717, 1.165) is 30.6 Å². The third-order valence-corrected chi connectivity index (χ3v) is 7.07. The van der Waals surface area contributed by atoms with Gasteiger partial charge in [-0.2, -0.15) is 0 Å². The summed E-state index contributed by atoms with van der Waals surface area (Å²) in [5.74, 6) is 0.270. The Bertz CT molecular complexity index is 498. The Labute approximate surface area is 118 Å². The highest BCUT2D eigenvalue weighted by molar-refractivity contribution is 7.91. The van der Waals surface area contributed by atoms with Gasteiger partial charge >= 0.3 is 0 Å². The maximum absolute atomic E-state index is 12.1. The van der Waals surface area contributed by atoms with Gasteiger partial charge in [-0.15, -0.1) is 22.9 Å². The van der Waals surface area contributed by atoms with E-state index in [9.17, 15) is 8.42 Å². The Balaban J connectivity index is 1.98. The predicted molar refractivity (Wildman–Crippen MR) is 75.9 cm³/mol. The van der Waals surface area contributed by atoms with E-state index in [1.807, 2.05) is 13.0 Å². The standard InChI is InChI=1S/C12H18ClNO2S2/c1-2-10-6-7-12(17-10)18(15,16)14-8-9-4-3-5-11(9)13/h6-7,9,11,14H,2-5,8H2,1H3. The first-order chi connectivity index (χ1) is 8.53. The van der Waals surface area contributed by atoms with Gasteiger partial charge in [-0.05, 0) is 37.3 Å². The second-order valence-electron chi connectivity index (χ2n) is 4.63. The highest BCUT2D eigenvalue weighted by Crippen LogP contribution is 2.30. The lowest BCUT2D eigenvalue weighted by molar-refractivity contribution is 0.524. The summed E-state index contributed by atoms with van der Waals surface area (Å²) in [5.41, 5.74) is 0. The number of halogens is 1. The van der Waals surface area contributed by atoms with Gasteiger partial charge in [0.1, 0.15) is 4.21 Å². The normalized spacial score (nSPS) is 24.6. The van der Waals surface area contributed by atoms with Gasteiger partial charge in [0.25, 0.3) is 0 Å². The molecule has 1 heterocycles. The molecule has 0 radical (unpaired) electrons. The van der Waals surface area contributed by atoms with Crippen LogP contribution >= 0.6 is 22.9 Å². The van der Waals surface area contributed by atoms with Gasteiger partial charge in [0.15, 0.2) is 0 Å². The van der Waals surface area contributed by atoms with E-state index in [-0.39, 0.29) is 11.3 Å². The number of hydrogen-bond acceptors (Lipinski definition) is 3. The van der Waals surface area contributed by atoms with Crippen molar-refractivity contribution in [1.82, 2.24) is 4.72 Å². The maximum Gasteiger partial charge on any atom is 0.250 e. The molecule has 2 unspecified atom stereocenters. The van der Waals surface area contributed by atoms with Crippen molar-refractivity contribution >= 4 is 33.0 Å². The van der Waals surface area contributed by atoms with Gasteiger partial charge in [0.2, 0.25) is 10.0 Å². The van der Waals surface area contributed by atoms with Crippen LogP contribution < -0.4 is 4.72 Å². The molecule has 0 saturated heterocycles. The van der Waals surface area contributed by atoms with Crippen LogP contribution in [0, 0.1) is 5.92 Å². The SMILES string of the molecule is CCc1ccc(S(=O)(=O)NCC2CCCC2Cl)s1. The average molecular weight is 308 g/mol. The molecule has 6 heteroatoms. The number of nitrogens with one attached hydrogen (secondary N) is 1. The van der Waals surface area contributed by atoms with E-state index in [1.54, 1.807) is 6.07 Å². The second kappa shape index (κ2) is 5.90. The molecule has 0 aliphatic heterocycles. The lowest BCUT2D eigenvalue weighted by atomic mass is 10.1.